The topological polar surface area (TPSA) is 15.8 Å². The third-order valence-electron chi connectivity index (χ3n) is 2.14. The molecule has 0 aliphatic carbocycles. The molecule has 0 atom stereocenters. The zero-order chi connectivity index (χ0) is 11.0. The highest BCUT2D eigenvalue weighted by Crippen LogP contribution is 2.34. The molecule has 15 heavy (non-hydrogen) atoms. The molecule has 2 aromatic heterocycles. The third kappa shape index (κ3) is 2.17. The first-order valence-corrected chi connectivity index (χ1v) is 6.25. The number of nitrogens with one attached hydrogen (secondary N) is 1. The van der Waals surface area contributed by atoms with E-state index < -0.39 is 0 Å². The van der Waals surface area contributed by atoms with Crippen LogP contribution >= 0.6 is 36.2 Å². The van der Waals surface area contributed by atoms with Crippen LogP contribution in [0.15, 0.2) is 23.1 Å². The molecule has 0 spiro atoms. The molecule has 0 radical (unpaired) electrons. The molecule has 2 heterocycles. The van der Waals surface area contributed by atoms with E-state index in [2.05, 4.69) is 36.7 Å². The van der Waals surface area contributed by atoms with Gasteiger partial charge in [-0.2, -0.15) is 0 Å². The van der Waals surface area contributed by atoms with E-state index in [1.54, 1.807) is 11.3 Å². The van der Waals surface area contributed by atoms with Gasteiger partial charge in [0.25, 0.3) is 0 Å². The minimum Gasteiger partial charge on any atom is -0.350 e. The van der Waals surface area contributed by atoms with Gasteiger partial charge in [-0.1, -0.05) is 12.2 Å². The first-order chi connectivity index (χ1) is 7.08. The van der Waals surface area contributed by atoms with Gasteiger partial charge in [0.05, 0.1) is 4.88 Å². The Labute approximate surface area is 104 Å². The van der Waals surface area contributed by atoms with Crippen LogP contribution in [0, 0.1) is 18.5 Å². The maximum absolute atomic E-state index is 5.31. The van der Waals surface area contributed by atoms with Crippen LogP contribution in [0.2, 0.25) is 0 Å². The molecule has 0 aliphatic heterocycles. The average molecular weight is 253 g/mol. The second-order valence-corrected chi connectivity index (χ2v) is 5.60. The maximum atomic E-state index is 5.31. The van der Waals surface area contributed by atoms with E-state index in [4.69, 9.17) is 12.2 Å². The van der Waals surface area contributed by atoms with Crippen LogP contribution in [0.5, 0.6) is 0 Å². The molecule has 0 aliphatic rings. The van der Waals surface area contributed by atoms with Gasteiger partial charge in [0.1, 0.15) is 4.64 Å². The number of aromatic amines is 1. The average Bonchev–Trinajstić information content (AvgIpc) is 2.45. The first-order valence-electron chi connectivity index (χ1n) is 4.57. The van der Waals surface area contributed by atoms with E-state index >= 15 is 0 Å². The second kappa shape index (κ2) is 4.12. The number of thiophene rings is 1. The fourth-order valence-electron chi connectivity index (χ4n) is 1.44. The van der Waals surface area contributed by atoms with Crippen molar-refractivity contribution in [3.8, 4) is 10.4 Å². The van der Waals surface area contributed by atoms with Crippen LogP contribution in [0.3, 0.4) is 0 Å². The smallest absolute Gasteiger partial charge is 0.112 e. The molecule has 1 nitrogen and oxygen atoms in total. The fourth-order valence-corrected chi connectivity index (χ4v) is 3.32. The molecule has 0 saturated heterocycles. The molecule has 0 fully saturated rings. The molecule has 4 heteroatoms. The van der Waals surface area contributed by atoms with E-state index in [1.165, 1.54) is 4.88 Å². The van der Waals surface area contributed by atoms with Gasteiger partial charge in [-0.15, -0.1) is 24.0 Å². The summed E-state index contributed by atoms with van der Waals surface area (Å²) in [7, 11) is 0. The molecule has 0 bridgehead atoms. The lowest BCUT2D eigenvalue weighted by molar-refractivity contribution is 1.18. The monoisotopic (exact) mass is 253 g/mol. The number of hydrogen-bond acceptors (Lipinski definition) is 3. The van der Waals surface area contributed by atoms with Crippen molar-refractivity contribution in [2.24, 2.45) is 0 Å². The summed E-state index contributed by atoms with van der Waals surface area (Å²) in [4.78, 5) is 6.57. The zero-order valence-electron chi connectivity index (χ0n) is 8.50. The Morgan fingerprint density at radius 2 is 2.07 bits per heavy atom. The lowest BCUT2D eigenvalue weighted by Gasteiger charge is -2.01. The largest absolute Gasteiger partial charge is 0.350 e. The van der Waals surface area contributed by atoms with Gasteiger partial charge in [-0.25, -0.2) is 0 Å². The Kier molecular flexibility index (Phi) is 3.00. The number of thiol groups is 1. The van der Waals surface area contributed by atoms with Crippen LogP contribution in [-0.2, 0) is 0 Å². The molecule has 0 amide bonds. The number of hydrogen-bond donors (Lipinski definition) is 2. The normalized spacial score (nSPS) is 10.6. The standard InChI is InChI=1S/C11H11NS3/c1-6-3-4-8(11(14)12-6)10-9(13)5-7(2)15-10/h3-5,13H,1-2H3,(H,12,14). The van der Waals surface area contributed by atoms with Gasteiger partial charge in [-0.3, -0.25) is 0 Å². The van der Waals surface area contributed by atoms with Crippen LogP contribution in [0.4, 0.5) is 0 Å². The SMILES string of the molecule is Cc1ccc(-c2sc(C)cc2S)c(=S)[nH]1. The van der Waals surface area contributed by atoms with Gasteiger partial charge in [0.15, 0.2) is 0 Å². The second-order valence-electron chi connectivity index (χ2n) is 3.46. The van der Waals surface area contributed by atoms with Crippen molar-refractivity contribution in [1.29, 1.82) is 0 Å². The molecule has 0 aromatic carbocycles. The minimum absolute atomic E-state index is 0.784. The lowest BCUT2D eigenvalue weighted by atomic mass is 10.2. The Morgan fingerprint density at radius 3 is 2.60 bits per heavy atom. The highest BCUT2D eigenvalue weighted by atomic mass is 32.1. The molecule has 78 valence electrons. The highest BCUT2D eigenvalue weighted by molar-refractivity contribution is 7.80. The van der Waals surface area contributed by atoms with Crippen molar-refractivity contribution in [2.75, 3.05) is 0 Å². The summed E-state index contributed by atoms with van der Waals surface area (Å²) >= 11 is 11.5. The van der Waals surface area contributed by atoms with Crippen molar-refractivity contribution in [3.05, 3.63) is 33.4 Å². The van der Waals surface area contributed by atoms with Gasteiger partial charge < -0.3 is 4.98 Å². The molecular formula is C11H11NS3. The Hall–Kier alpha value is -0.580. The quantitative estimate of drug-likeness (QED) is 0.569. The summed E-state index contributed by atoms with van der Waals surface area (Å²) in [5.41, 5.74) is 2.15. The molecule has 2 rings (SSSR count). The third-order valence-corrected chi connectivity index (χ3v) is 4.05. The molecule has 0 saturated carbocycles. The van der Waals surface area contributed by atoms with Crippen molar-refractivity contribution in [1.82, 2.24) is 4.98 Å². The Bertz CT molecular complexity index is 551. The lowest BCUT2D eigenvalue weighted by Crippen LogP contribution is -1.84. The van der Waals surface area contributed by atoms with E-state index in [-0.39, 0.29) is 0 Å². The summed E-state index contributed by atoms with van der Waals surface area (Å²) in [5, 5.41) is 0. The Morgan fingerprint density at radius 1 is 1.33 bits per heavy atom. The van der Waals surface area contributed by atoms with E-state index in [1.807, 2.05) is 13.0 Å². The van der Waals surface area contributed by atoms with Gasteiger partial charge >= 0.3 is 0 Å². The van der Waals surface area contributed by atoms with Crippen molar-refractivity contribution >= 4 is 36.2 Å². The number of pyridine rings is 1. The molecule has 1 N–H and O–H groups in total. The summed E-state index contributed by atoms with van der Waals surface area (Å²) < 4.78 is 0.784. The van der Waals surface area contributed by atoms with Gasteiger partial charge in [0.2, 0.25) is 0 Å². The van der Waals surface area contributed by atoms with Crippen molar-refractivity contribution in [2.45, 2.75) is 18.7 Å². The predicted octanol–water partition coefficient (Wildman–Crippen LogP) is 4.38. The van der Waals surface area contributed by atoms with Crippen LogP contribution in [0.1, 0.15) is 10.6 Å². The van der Waals surface area contributed by atoms with Gasteiger partial charge in [-0.05, 0) is 32.0 Å². The molecular weight excluding hydrogens is 242 g/mol. The summed E-state index contributed by atoms with van der Waals surface area (Å²) in [5.74, 6) is 0. The molecule has 0 unspecified atom stereocenters. The first kappa shape index (κ1) is 10.9. The number of H-pyrrole nitrogens is 1. The van der Waals surface area contributed by atoms with Crippen molar-refractivity contribution < 1.29 is 0 Å². The fraction of sp³-hybridized carbons (Fsp3) is 0.182. The van der Waals surface area contributed by atoms with Crippen molar-refractivity contribution in [3.63, 3.8) is 0 Å². The van der Waals surface area contributed by atoms with E-state index in [0.29, 0.717) is 0 Å². The number of aryl methyl sites for hydroxylation is 2. The van der Waals surface area contributed by atoms with Gasteiger partial charge in [0, 0.05) is 21.0 Å². The number of aromatic nitrogens is 1. The summed E-state index contributed by atoms with van der Waals surface area (Å²) in [6.07, 6.45) is 0. The summed E-state index contributed by atoms with van der Waals surface area (Å²) in [6, 6.07) is 6.16. The number of rotatable bonds is 1. The maximum Gasteiger partial charge on any atom is 0.112 e. The molecule has 2 aromatic rings. The minimum atomic E-state index is 0.784. The van der Waals surface area contributed by atoms with E-state index in [9.17, 15) is 0 Å². The predicted molar refractivity (Wildman–Crippen MR) is 71.7 cm³/mol. The van der Waals surface area contributed by atoms with Crippen LogP contribution in [0.25, 0.3) is 10.4 Å². The van der Waals surface area contributed by atoms with Crippen LogP contribution < -0.4 is 0 Å². The van der Waals surface area contributed by atoms with E-state index in [0.717, 1.165) is 25.7 Å². The summed E-state index contributed by atoms with van der Waals surface area (Å²) in [6.45, 7) is 4.08. The highest BCUT2D eigenvalue weighted by Gasteiger charge is 2.08. The Balaban J connectivity index is 2.64. The van der Waals surface area contributed by atoms with Crippen LogP contribution in [-0.4, -0.2) is 4.98 Å². The zero-order valence-corrected chi connectivity index (χ0v) is 11.0.